The Morgan fingerprint density at radius 3 is 2.39 bits per heavy atom. The van der Waals surface area contributed by atoms with Crippen molar-refractivity contribution in [1.29, 1.82) is 0 Å². The van der Waals surface area contributed by atoms with E-state index in [-0.39, 0.29) is 41.7 Å². The zero-order valence-corrected chi connectivity index (χ0v) is 18.5. The van der Waals surface area contributed by atoms with Crippen molar-refractivity contribution < 1.29 is 17.6 Å². The second-order valence-electron chi connectivity index (χ2n) is 7.01. The summed E-state index contributed by atoms with van der Waals surface area (Å²) in [5.74, 6) is -0.463. The van der Waals surface area contributed by atoms with Crippen LogP contribution in [-0.2, 0) is 14.8 Å². The summed E-state index contributed by atoms with van der Waals surface area (Å²) in [5, 5.41) is 11.3. The van der Waals surface area contributed by atoms with Gasteiger partial charge in [0.2, 0.25) is 15.9 Å². The molecular formula is C20H18Cl2N4O4S. The minimum atomic E-state index is -3.63. The number of nitrogens with one attached hydrogen (secondary N) is 1. The van der Waals surface area contributed by atoms with Crippen LogP contribution < -0.4 is 5.32 Å². The summed E-state index contributed by atoms with van der Waals surface area (Å²) < 4.78 is 32.4. The molecule has 0 unspecified atom stereocenters. The number of sulfonamides is 1. The smallest absolute Gasteiger partial charge is 0.322 e. The molecule has 0 atom stereocenters. The van der Waals surface area contributed by atoms with Gasteiger partial charge in [0, 0.05) is 24.0 Å². The third-order valence-electron chi connectivity index (χ3n) is 5.04. The van der Waals surface area contributed by atoms with Gasteiger partial charge in [0.15, 0.2) is 0 Å². The molecule has 0 bridgehead atoms. The van der Waals surface area contributed by atoms with Crippen molar-refractivity contribution in [2.45, 2.75) is 17.7 Å². The first-order valence-electron chi connectivity index (χ1n) is 9.49. The SMILES string of the molecule is O=C(Nc1nnc(-c2ccccc2Cl)o1)C1CCN(S(=O)(=O)c2ccc(Cl)cc2)CC1. The molecule has 31 heavy (non-hydrogen) atoms. The lowest BCUT2D eigenvalue weighted by molar-refractivity contribution is -0.121. The lowest BCUT2D eigenvalue weighted by Gasteiger charge is -2.30. The zero-order valence-electron chi connectivity index (χ0n) is 16.2. The first-order chi connectivity index (χ1) is 14.8. The number of hydrogen-bond acceptors (Lipinski definition) is 6. The lowest BCUT2D eigenvalue weighted by atomic mass is 9.97. The number of aromatic nitrogens is 2. The van der Waals surface area contributed by atoms with Gasteiger partial charge >= 0.3 is 6.01 Å². The monoisotopic (exact) mass is 480 g/mol. The quantitative estimate of drug-likeness (QED) is 0.589. The van der Waals surface area contributed by atoms with Crippen molar-refractivity contribution in [3.63, 3.8) is 0 Å². The maximum atomic E-state index is 12.8. The van der Waals surface area contributed by atoms with Gasteiger partial charge in [-0.2, -0.15) is 4.31 Å². The molecule has 1 saturated heterocycles. The van der Waals surface area contributed by atoms with Crippen molar-refractivity contribution in [2.24, 2.45) is 5.92 Å². The first kappa shape index (κ1) is 21.8. The van der Waals surface area contributed by atoms with E-state index < -0.39 is 10.0 Å². The van der Waals surface area contributed by atoms with Crippen LogP contribution in [0.15, 0.2) is 57.8 Å². The fourth-order valence-electron chi connectivity index (χ4n) is 3.34. The molecule has 1 aliphatic rings. The average Bonchev–Trinajstić information content (AvgIpc) is 3.22. The molecule has 0 spiro atoms. The summed E-state index contributed by atoms with van der Waals surface area (Å²) in [7, 11) is -3.63. The van der Waals surface area contributed by atoms with Crippen LogP contribution in [0.5, 0.6) is 0 Å². The fraction of sp³-hybridized carbons (Fsp3) is 0.250. The Bertz CT molecular complexity index is 1190. The molecule has 0 radical (unpaired) electrons. The van der Waals surface area contributed by atoms with Gasteiger partial charge in [0.25, 0.3) is 5.89 Å². The second-order valence-corrected chi connectivity index (χ2v) is 9.80. The summed E-state index contributed by atoms with van der Waals surface area (Å²) in [5.41, 5.74) is 0.567. The predicted molar refractivity (Wildman–Crippen MR) is 116 cm³/mol. The van der Waals surface area contributed by atoms with E-state index in [0.29, 0.717) is 28.5 Å². The van der Waals surface area contributed by atoms with Gasteiger partial charge in [-0.25, -0.2) is 8.42 Å². The van der Waals surface area contributed by atoms with E-state index in [9.17, 15) is 13.2 Å². The Kier molecular flexibility index (Phi) is 6.29. The Hall–Kier alpha value is -2.46. The van der Waals surface area contributed by atoms with Crippen molar-refractivity contribution in [3.8, 4) is 11.5 Å². The van der Waals surface area contributed by atoms with Crippen LogP contribution in [0.3, 0.4) is 0 Å². The third-order valence-corrected chi connectivity index (χ3v) is 7.53. The van der Waals surface area contributed by atoms with Crippen LogP contribution >= 0.6 is 23.2 Å². The molecule has 1 fully saturated rings. The highest BCUT2D eigenvalue weighted by molar-refractivity contribution is 7.89. The molecule has 4 rings (SSSR count). The topological polar surface area (TPSA) is 105 Å². The van der Waals surface area contributed by atoms with E-state index in [4.69, 9.17) is 27.6 Å². The number of nitrogens with zero attached hydrogens (tertiary/aromatic N) is 3. The number of carbonyl (C=O) groups is 1. The molecule has 3 aromatic rings. The molecule has 2 heterocycles. The van der Waals surface area contributed by atoms with E-state index in [1.165, 1.54) is 28.6 Å². The van der Waals surface area contributed by atoms with Crippen molar-refractivity contribution in [2.75, 3.05) is 18.4 Å². The van der Waals surface area contributed by atoms with Crippen LogP contribution in [0, 0.1) is 5.92 Å². The summed E-state index contributed by atoms with van der Waals surface area (Å²) in [6, 6.07) is 13.0. The molecule has 1 aliphatic heterocycles. The molecule has 2 aromatic carbocycles. The Labute approximate surface area is 189 Å². The third kappa shape index (κ3) is 4.74. The summed E-state index contributed by atoms with van der Waals surface area (Å²) in [6.45, 7) is 0.468. The van der Waals surface area contributed by atoms with Crippen LogP contribution in [0.4, 0.5) is 6.01 Å². The van der Waals surface area contributed by atoms with Crippen molar-refractivity contribution in [3.05, 3.63) is 58.6 Å². The van der Waals surface area contributed by atoms with Crippen LogP contribution in [0.2, 0.25) is 10.0 Å². The van der Waals surface area contributed by atoms with Gasteiger partial charge in [-0.15, -0.1) is 5.10 Å². The molecule has 0 saturated carbocycles. The number of rotatable bonds is 5. The molecule has 0 aliphatic carbocycles. The number of halogens is 2. The zero-order chi connectivity index (χ0) is 22.0. The van der Waals surface area contributed by atoms with Crippen LogP contribution in [-0.4, -0.2) is 41.9 Å². The maximum Gasteiger partial charge on any atom is 0.322 e. The molecule has 1 N–H and O–H groups in total. The Balaban J connectivity index is 1.37. The largest absolute Gasteiger partial charge is 0.403 e. The Morgan fingerprint density at radius 1 is 1.03 bits per heavy atom. The van der Waals surface area contributed by atoms with E-state index in [1.54, 1.807) is 24.3 Å². The van der Waals surface area contributed by atoms with Gasteiger partial charge < -0.3 is 4.42 Å². The highest BCUT2D eigenvalue weighted by Gasteiger charge is 2.32. The highest BCUT2D eigenvalue weighted by atomic mass is 35.5. The molecule has 11 heteroatoms. The minimum Gasteiger partial charge on any atom is -0.403 e. The van der Waals surface area contributed by atoms with E-state index in [2.05, 4.69) is 15.5 Å². The van der Waals surface area contributed by atoms with Gasteiger partial charge in [-0.3, -0.25) is 10.1 Å². The molecule has 1 amide bonds. The molecule has 162 valence electrons. The van der Waals surface area contributed by atoms with Gasteiger partial charge in [-0.1, -0.05) is 40.4 Å². The maximum absolute atomic E-state index is 12.8. The average molecular weight is 481 g/mol. The van der Waals surface area contributed by atoms with E-state index in [0.717, 1.165) is 0 Å². The lowest BCUT2D eigenvalue weighted by Crippen LogP contribution is -2.41. The summed E-state index contributed by atoms with van der Waals surface area (Å²) in [6.07, 6.45) is 0.758. The van der Waals surface area contributed by atoms with Crippen molar-refractivity contribution in [1.82, 2.24) is 14.5 Å². The number of hydrogen-bond donors (Lipinski definition) is 1. The highest BCUT2D eigenvalue weighted by Crippen LogP contribution is 2.28. The molecule has 1 aromatic heterocycles. The second kappa shape index (κ2) is 8.96. The predicted octanol–water partition coefficient (Wildman–Crippen LogP) is 4.08. The van der Waals surface area contributed by atoms with Gasteiger partial charge in [-0.05, 0) is 49.2 Å². The number of amides is 1. The summed E-state index contributed by atoms with van der Waals surface area (Å²) >= 11 is 12.0. The number of carbonyl (C=O) groups excluding carboxylic acids is 1. The Morgan fingerprint density at radius 2 is 1.71 bits per heavy atom. The standard InChI is InChI=1S/C20H18Cl2N4O4S/c21-14-5-7-15(8-6-14)31(28,29)26-11-9-13(10-12-26)18(27)23-20-25-24-19(30-20)16-3-1-2-4-17(16)22/h1-8,13H,9-12H2,(H,23,25,27). The van der Waals surface area contributed by atoms with Crippen molar-refractivity contribution >= 4 is 45.1 Å². The van der Waals surface area contributed by atoms with E-state index in [1.807, 2.05) is 0 Å². The number of benzene rings is 2. The normalized spacial score (nSPS) is 15.7. The number of anilines is 1. The van der Waals surface area contributed by atoms with E-state index >= 15 is 0 Å². The number of piperidine rings is 1. The van der Waals surface area contributed by atoms with Crippen LogP contribution in [0.25, 0.3) is 11.5 Å². The molecule has 8 nitrogen and oxygen atoms in total. The van der Waals surface area contributed by atoms with Crippen LogP contribution in [0.1, 0.15) is 12.8 Å². The minimum absolute atomic E-state index is 0.0314. The summed E-state index contributed by atoms with van der Waals surface area (Å²) in [4.78, 5) is 12.8. The van der Waals surface area contributed by atoms with Gasteiger partial charge in [0.1, 0.15) is 0 Å². The molecular weight excluding hydrogens is 463 g/mol. The first-order valence-corrected chi connectivity index (χ1v) is 11.7. The van der Waals surface area contributed by atoms with Gasteiger partial charge in [0.05, 0.1) is 15.5 Å². The fourth-order valence-corrected chi connectivity index (χ4v) is 5.15.